The third kappa shape index (κ3) is 0.829. The SMILES string of the molecule is N#Cc1ccn2cnnc2c1. The summed E-state index contributed by atoms with van der Waals surface area (Å²) in [7, 11) is 0. The predicted molar refractivity (Wildman–Crippen MR) is 37.7 cm³/mol. The molecule has 0 unspecified atom stereocenters. The highest BCUT2D eigenvalue weighted by Gasteiger charge is 1.94. The van der Waals surface area contributed by atoms with Gasteiger partial charge in [0.05, 0.1) is 11.6 Å². The van der Waals surface area contributed by atoms with E-state index in [4.69, 9.17) is 5.26 Å². The van der Waals surface area contributed by atoms with E-state index in [0.29, 0.717) is 11.2 Å². The van der Waals surface area contributed by atoms with Crippen LogP contribution >= 0.6 is 0 Å². The minimum atomic E-state index is 0.602. The summed E-state index contributed by atoms with van der Waals surface area (Å²) in [6, 6.07) is 5.43. The molecule has 52 valence electrons. The molecule has 0 N–H and O–H groups in total. The van der Waals surface area contributed by atoms with E-state index >= 15 is 0 Å². The number of hydrogen-bond acceptors (Lipinski definition) is 3. The predicted octanol–water partition coefficient (Wildman–Crippen LogP) is 0.601. The van der Waals surface area contributed by atoms with Gasteiger partial charge in [-0.15, -0.1) is 10.2 Å². The molecule has 0 aliphatic carbocycles. The molecule has 0 radical (unpaired) electrons. The number of hydrogen-bond donors (Lipinski definition) is 0. The maximum absolute atomic E-state index is 8.53. The first-order valence-corrected chi connectivity index (χ1v) is 3.09. The first kappa shape index (κ1) is 5.86. The summed E-state index contributed by atoms with van der Waals surface area (Å²) in [6.45, 7) is 0. The molecule has 0 atom stereocenters. The Morgan fingerprint density at radius 1 is 1.55 bits per heavy atom. The van der Waals surface area contributed by atoms with Crippen LogP contribution in [-0.4, -0.2) is 14.6 Å². The average Bonchev–Trinajstić information content (AvgIpc) is 2.50. The number of nitriles is 1. The maximum Gasteiger partial charge on any atom is 0.161 e. The summed E-state index contributed by atoms with van der Waals surface area (Å²) >= 11 is 0. The number of rotatable bonds is 0. The molecule has 11 heavy (non-hydrogen) atoms. The molecule has 0 aliphatic heterocycles. The number of fused-ring (bicyclic) bond motifs is 1. The molecule has 2 aromatic heterocycles. The van der Waals surface area contributed by atoms with Gasteiger partial charge in [-0.3, -0.25) is 4.40 Å². The summed E-state index contributed by atoms with van der Waals surface area (Å²) < 4.78 is 1.75. The molecule has 0 bridgehead atoms. The van der Waals surface area contributed by atoms with Crippen LogP contribution in [0.1, 0.15) is 5.56 Å². The van der Waals surface area contributed by atoms with Gasteiger partial charge in [-0.1, -0.05) is 0 Å². The number of nitrogens with zero attached hydrogens (tertiary/aromatic N) is 4. The number of pyridine rings is 1. The zero-order chi connectivity index (χ0) is 7.68. The van der Waals surface area contributed by atoms with E-state index in [0.717, 1.165) is 0 Å². The van der Waals surface area contributed by atoms with E-state index in [2.05, 4.69) is 10.2 Å². The van der Waals surface area contributed by atoms with Gasteiger partial charge in [0, 0.05) is 12.3 Å². The van der Waals surface area contributed by atoms with E-state index < -0.39 is 0 Å². The minimum Gasteiger partial charge on any atom is -0.289 e. The van der Waals surface area contributed by atoms with Crippen LogP contribution in [0.3, 0.4) is 0 Å². The van der Waals surface area contributed by atoms with Gasteiger partial charge < -0.3 is 0 Å². The molecular weight excluding hydrogens is 140 g/mol. The first-order valence-electron chi connectivity index (χ1n) is 3.09. The van der Waals surface area contributed by atoms with Crippen molar-refractivity contribution in [3.05, 3.63) is 30.2 Å². The quantitative estimate of drug-likeness (QED) is 0.544. The van der Waals surface area contributed by atoms with E-state index in [1.165, 1.54) is 0 Å². The molecule has 0 saturated carbocycles. The fraction of sp³-hybridized carbons (Fsp3) is 0. The van der Waals surface area contributed by atoms with Crippen molar-refractivity contribution in [3.63, 3.8) is 0 Å². The molecule has 0 spiro atoms. The van der Waals surface area contributed by atoms with Crippen LogP contribution in [0, 0.1) is 11.3 Å². The third-order valence-electron chi connectivity index (χ3n) is 1.43. The molecule has 2 aromatic rings. The lowest BCUT2D eigenvalue weighted by Gasteiger charge is -1.89. The Morgan fingerprint density at radius 2 is 2.45 bits per heavy atom. The van der Waals surface area contributed by atoms with Crippen molar-refractivity contribution in [2.75, 3.05) is 0 Å². The molecule has 4 heteroatoms. The number of aromatic nitrogens is 3. The van der Waals surface area contributed by atoms with E-state index in [1.54, 1.807) is 29.1 Å². The fourth-order valence-electron chi connectivity index (χ4n) is 0.887. The van der Waals surface area contributed by atoms with Gasteiger partial charge >= 0.3 is 0 Å². The second-order valence-corrected chi connectivity index (χ2v) is 2.12. The topological polar surface area (TPSA) is 54.0 Å². The summed E-state index contributed by atoms with van der Waals surface area (Å²) in [5.41, 5.74) is 1.30. The van der Waals surface area contributed by atoms with Gasteiger partial charge in [-0.05, 0) is 6.07 Å². The van der Waals surface area contributed by atoms with Crippen LogP contribution in [0.4, 0.5) is 0 Å². The lowest BCUT2D eigenvalue weighted by molar-refractivity contribution is 1.10. The van der Waals surface area contributed by atoms with Gasteiger partial charge in [0.1, 0.15) is 6.33 Å². The molecule has 2 rings (SSSR count). The second kappa shape index (κ2) is 2.06. The monoisotopic (exact) mass is 144 g/mol. The van der Waals surface area contributed by atoms with Crippen molar-refractivity contribution in [2.45, 2.75) is 0 Å². The largest absolute Gasteiger partial charge is 0.289 e. The van der Waals surface area contributed by atoms with Gasteiger partial charge in [-0.2, -0.15) is 5.26 Å². The Morgan fingerprint density at radius 3 is 3.27 bits per heavy atom. The van der Waals surface area contributed by atoms with Crippen molar-refractivity contribution in [2.24, 2.45) is 0 Å². The Hall–Kier alpha value is -1.89. The zero-order valence-corrected chi connectivity index (χ0v) is 5.60. The summed E-state index contributed by atoms with van der Waals surface area (Å²) in [5, 5.41) is 16.0. The maximum atomic E-state index is 8.53. The second-order valence-electron chi connectivity index (χ2n) is 2.12. The van der Waals surface area contributed by atoms with Crippen molar-refractivity contribution in [3.8, 4) is 6.07 Å². The summed E-state index contributed by atoms with van der Waals surface area (Å²) in [5.74, 6) is 0. The van der Waals surface area contributed by atoms with Crippen LogP contribution in [0.2, 0.25) is 0 Å². The van der Waals surface area contributed by atoms with Crippen molar-refractivity contribution in [1.29, 1.82) is 5.26 Å². The van der Waals surface area contributed by atoms with Gasteiger partial charge in [-0.25, -0.2) is 0 Å². The standard InChI is InChI=1S/C7H4N4/c8-4-6-1-2-11-5-9-10-7(11)3-6/h1-3,5H. The van der Waals surface area contributed by atoms with Crippen LogP contribution in [0.5, 0.6) is 0 Å². The minimum absolute atomic E-state index is 0.602. The van der Waals surface area contributed by atoms with E-state index in [9.17, 15) is 0 Å². The van der Waals surface area contributed by atoms with Crippen LogP contribution in [-0.2, 0) is 0 Å². The fourth-order valence-corrected chi connectivity index (χ4v) is 0.887. The highest BCUT2D eigenvalue weighted by molar-refractivity contribution is 5.44. The van der Waals surface area contributed by atoms with Crippen molar-refractivity contribution < 1.29 is 0 Å². The average molecular weight is 144 g/mol. The van der Waals surface area contributed by atoms with Crippen molar-refractivity contribution in [1.82, 2.24) is 14.6 Å². The normalized spacial score (nSPS) is 9.73. The highest BCUT2D eigenvalue weighted by atomic mass is 15.2. The van der Waals surface area contributed by atoms with Crippen molar-refractivity contribution >= 4 is 5.65 Å². The molecule has 0 saturated heterocycles. The van der Waals surface area contributed by atoms with E-state index in [1.807, 2.05) is 6.07 Å². The molecule has 4 nitrogen and oxygen atoms in total. The van der Waals surface area contributed by atoms with Gasteiger partial charge in [0.2, 0.25) is 0 Å². The van der Waals surface area contributed by atoms with E-state index in [-0.39, 0.29) is 0 Å². The molecule has 0 aromatic carbocycles. The third-order valence-corrected chi connectivity index (χ3v) is 1.43. The summed E-state index contributed by atoms with van der Waals surface area (Å²) in [4.78, 5) is 0. The Labute approximate surface area is 62.7 Å². The first-order chi connectivity index (χ1) is 5.40. The Bertz CT molecular complexity index is 423. The smallest absolute Gasteiger partial charge is 0.161 e. The van der Waals surface area contributed by atoms with Gasteiger partial charge in [0.15, 0.2) is 5.65 Å². The summed E-state index contributed by atoms with van der Waals surface area (Å²) in [6.07, 6.45) is 3.35. The lowest BCUT2D eigenvalue weighted by Crippen LogP contribution is -1.82. The molecule has 2 heterocycles. The zero-order valence-electron chi connectivity index (χ0n) is 5.60. The van der Waals surface area contributed by atoms with Crippen LogP contribution in [0.15, 0.2) is 24.7 Å². The molecule has 0 aliphatic rings. The molecule has 0 amide bonds. The Balaban J connectivity index is 2.79. The van der Waals surface area contributed by atoms with Gasteiger partial charge in [0.25, 0.3) is 0 Å². The Kier molecular flexibility index (Phi) is 1.10. The van der Waals surface area contributed by atoms with Crippen LogP contribution in [0.25, 0.3) is 5.65 Å². The highest BCUT2D eigenvalue weighted by Crippen LogP contribution is 2.01. The molecular formula is C7H4N4. The lowest BCUT2D eigenvalue weighted by atomic mass is 10.3. The molecule has 0 fully saturated rings. The van der Waals surface area contributed by atoms with Crippen LogP contribution < -0.4 is 0 Å².